The standard InChI is InChI=1S/C16H22N2O4S.ClH/c1-10-3-6-15(14(7-10)16(19)22-2)23(20,21)18-13-8-11-4-5-12(9-13)17-11;/h3,6-7,11-13,17-18H,4-5,8-9H2,1-2H3;1H. The molecule has 1 aromatic rings. The Balaban J connectivity index is 0.00000208. The molecule has 2 heterocycles. The van der Waals surface area contributed by atoms with Crippen molar-refractivity contribution in [3.8, 4) is 0 Å². The first-order valence-corrected chi connectivity index (χ1v) is 9.34. The third kappa shape index (κ3) is 3.91. The van der Waals surface area contributed by atoms with Gasteiger partial charge in [-0.25, -0.2) is 17.9 Å². The Morgan fingerprint density at radius 2 is 1.88 bits per heavy atom. The number of sulfonamides is 1. The third-order valence-electron chi connectivity index (χ3n) is 4.62. The Kier molecular flexibility index (Phi) is 5.91. The Labute approximate surface area is 148 Å². The summed E-state index contributed by atoms with van der Waals surface area (Å²) in [5.41, 5.74) is 0.890. The lowest BCUT2D eigenvalue weighted by molar-refractivity contribution is 0.0596. The lowest BCUT2D eigenvalue weighted by Crippen LogP contribution is -2.48. The third-order valence-corrected chi connectivity index (χ3v) is 6.20. The first-order valence-electron chi connectivity index (χ1n) is 7.86. The smallest absolute Gasteiger partial charge is 0.339 e. The molecule has 2 unspecified atom stereocenters. The van der Waals surface area contributed by atoms with Gasteiger partial charge in [0.25, 0.3) is 0 Å². The normalized spacial score (nSPS) is 25.8. The highest BCUT2D eigenvalue weighted by molar-refractivity contribution is 7.89. The van der Waals surface area contributed by atoms with Crippen molar-refractivity contribution in [1.29, 1.82) is 0 Å². The van der Waals surface area contributed by atoms with Crippen molar-refractivity contribution in [2.24, 2.45) is 0 Å². The number of piperidine rings is 1. The van der Waals surface area contributed by atoms with Crippen LogP contribution in [0.5, 0.6) is 0 Å². The molecule has 0 radical (unpaired) electrons. The maximum atomic E-state index is 12.7. The van der Waals surface area contributed by atoms with Crippen LogP contribution < -0.4 is 10.0 Å². The zero-order valence-corrected chi connectivity index (χ0v) is 15.4. The van der Waals surface area contributed by atoms with E-state index >= 15 is 0 Å². The summed E-state index contributed by atoms with van der Waals surface area (Å²) in [6, 6.07) is 5.39. The fraction of sp³-hybridized carbons (Fsp3) is 0.562. The average Bonchev–Trinajstić information content (AvgIpc) is 2.84. The summed E-state index contributed by atoms with van der Waals surface area (Å²) in [6.07, 6.45) is 3.77. The van der Waals surface area contributed by atoms with Gasteiger partial charge in [-0.2, -0.15) is 0 Å². The van der Waals surface area contributed by atoms with Crippen molar-refractivity contribution in [3.05, 3.63) is 29.3 Å². The zero-order valence-electron chi connectivity index (χ0n) is 13.7. The first kappa shape index (κ1) is 19.2. The maximum Gasteiger partial charge on any atom is 0.339 e. The van der Waals surface area contributed by atoms with Crippen molar-refractivity contribution < 1.29 is 17.9 Å². The molecule has 8 heteroatoms. The minimum Gasteiger partial charge on any atom is -0.465 e. The van der Waals surface area contributed by atoms with E-state index in [0.717, 1.165) is 31.2 Å². The number of rotatable bonds is 4. The van der Waals surface area contributed by atoms with E-state index in [-0.39, 0.29) is 28.9 Å². The van der Waals surface area contributed by atoms with Crippen LogP contribution in [0.25, 0.3) is 0 Å². The second-order valence-corrected chi connectivity index (χ2v) is 8.10. The lowest BCUT2D eigenvalue weighted by atomic mass is 10.0. The van der Waals surface area contributed by atoms with Crippen LogP contribution in [0.4, 0.5) is 0 Å². The Morgan fingerprint density at radius 1 is 1.25 bits per heavy atom. The Hall–Kier alpha value is -1.15. The van der Waals surface area contributed by atoms with Gasteiger partial charge in [-0.1, -0.05) is 11.6 Å². The summed E-state index contributed by atoms with van der Waals surface area (Å²) >= 11 is 0. The second-order valence-electron chi connectivity index (χ2n) is 6.42. The number of ether oxygens (including phenoxy) is 1. The molecule has 0 spiro atoms. The number of methoxy groups -OCH3 is 1. The van der Waals surface area contributed by atoms with E-state index in [1.807, 2.05) is 0 Å². The number of esters is 1. The van der Waals surface area contributed by atoms with E-state index in [0.29, 0.717) is 12.1 Å². The zero-order chi connectivity index (χ0) is 16.6. The molecule has 2 atom stereocenters. The number of nitrogens with one attached hydrogen (secondary N) is 2. The van der Waals surface area contributed by atoms with Crippen LogP contribution in [-0.2, 0) is 14.8 Å². The van der Waals surface area contributed by atoms with Crippen molar-refractivity contribution in [2.75, 3.05) is 7.11 Å². The molecule has 2 N–H and O–H groups in total. The van der Waals surface area contributed by atoms with Gasteiger partial charge in [0.2, 0.25) is 10.0 Å². The molecular weight excluding hydrogens is 352 g/mol. The summed E-state index contributed by atoms with van der Waals surface area (Å²) in [6.45, 7) is 1.81. The van der Waals surface area contributed by atoms with Crippen molar-refractivity contribution in [3.63, 3.8) is 0 Å². The van der Waals surface area contributed by atoms with Crippen LogP contribution in [0, 0.1) is 6.92 Å². The van der Waals surface area contributed by atoms with Crippen LogP contribution in [-0.4, -0.2) is 39.6 Å². The van der Waals surface area contributed by atoms with E-state index < -0.39 is 16.0 Å². The molecule has 0 aliphatic carbocycles. The number of hydrogen-bond donors (Lipinski definition) is 2. The second kappa shape index (κ2) is 7.39. The van der Waals surface area contributed by atoms with E-state index in [2.05, 4.69) is 10.0 Å². The van der Waals surface area contributed by atoms with Gasteiger partial charge in [-0.15, -0.1) is 12.4 Å². The molecule has 2 aliphatic heterocycles. The van der Waals surface area contributed by atoms with Gasteiger partial charge in [0.15, 0.2) is 0 Å². The SMILES string of the molecule is COC(=O)c1cc(C)ccc1S(=O)(=O)NC1CC2CCC(C1)N2.Cl. The highest BCUT2D eigenvalue weighted by Crippen LogP contribution is 2.28. The summed E-state index contributed by atoms with van der Waals surface area (Å²) < 4.78 is 33.0. The van der Waals surface area contributed by atoms with E-state index in [9.17, 15) is 13.2 Å². The molecule has 6 nitrogen and oxygen atoms in total. The van der Waals surface area contributed by atoms with E-state index in [1.54, 1.807) is 19.1 Å². The fourth-order valence-electron chi connectivity index (χ4n) is 3.58. The molecule has 2 aliphatic rings. The number of benzene rings is 1. The largest absolute Gasteiger partial charge is 0.465 e. The van der Waals surface area contributed by atoms with Crippen LogP contribution in [0.2, 0.25) is 0 Å². The van der Waals surface area contributed by atoms with Crippen molar-refractivity contribution >= 4 is 28.4 Å². The predicted octanol–water partition coefficient (Wildman–Crippen LogP) is 1.76. The molecule has 2 fully saturated rings. The van der Waals surface area contributed by atoms with Crippen molar-refractivity contribution in [1.82, 2.24) is 10.0 Å². The molecule has 1 aromatic carbocycles. The topological polar surface area (TPSA) is 84.5 Å². The highest BCUT2D eigenvalue weighted by Gasteiger charge is 2.36. The van der Waals surface area contributed by atoms with Crippen molar-refractivity contribution in [2.45, 2.75) is 55.6 Å². The Bertz CT molecular complexity index is 711. The molecule has 3 rings (SSSR count). The summed E-state index contributed by atoms with van der Waals surface area (Å²) in [7, 11) is -2.51. The van der Waals surface area contributed by atoms with Gasteiger partial charge in [-0.05, 0) is 44.7 Å². The van der Waals surface area contributed by atoms with Gasteiger partial charge in [-0.3, -0.25) is 0 Å². The van der Waals surface area contributed by atoms with Gasteiger partial charge in [0, 0.05) is 18.1 Å². The molecular formula is C16H23ClN2O4S. The first-order chi connectivity index (χ1) is 10.9. The van der Waals surface area contributed by atoms with Gasteiger partial charge < -0.3 is 10.1 Å². The van der Waals surface area contributed by atoms with Crippen LogP contribution >= 0.6 is 12.4 Å². The number of hydrogen-bond acceptors (Lipinski definition) is 5. The van der Waals surface area contributed by atoms with Crippen LogP contribution in [0.15, 0.2) is 23.1 Å². The van der Waals surface area contributed by atoms with Gasteiger partial charge in [0.1, 0.15) is 0 Å². The van der Waals surface area contributed by atoms with Gasteiger partial charge >= 0.3 is 5.97 Å². The maximum absolute atomic E-state index is 12.7. The van der Waals surface area contributed by atoms with E-state index in [1.165, 1.54) is 13.2 Å². The number of halogens is 1. The average molecular weight is 375 g/mol. The fourth-order valence-corrected chi connectivity index (χ4v) is 5.02. The minimum atomic E-state index is -3.76. The lowest BCUT2D eigenvalue weighted by Gasteiger charge is -2.29. The quantitative estimate of drug-likeness (QED) is 0.784. The Morgan fingerprint density at radius 3 is 2.46 bits per heavy atom. The summed E-state index contributed by atoms with van der Waals surface area (Å²) in [5, 5.41) is 3.48. The van der Waals surface area contributed by atoms with Crippen LogP contribution in [0.1, 0.15) is 41.6 Å². The molecule has 2 bridgehead atoms. The minimum absolute atomic E-state index is 0. The molecule has 0 aromatic heterocycles. The number of aryl methyl sites for hydroxylation is 1. The molecule has 24 heavy (non-hydrogen) atoms. The molecule has 0 saturated carbocycles. The predicted molar refractivity (Wildman–Crippen MR) is 93.1 cm³/mol. The summed E-state index contributed by atoms with van der Waals surface area (Å²) in [4.78, 5) is 11.9. The monoisotopic (exact) mass is 374 g/mol. The molecule has 134 valence electrons. The number of carbonyl (C=O) groups is 1. The number of carbonyl (C=O) groups excluding carboxylic acids is 1. The van der Waals surface area contributed by atoms with Gasteiger partial charge in [0.05, 0.1) is 17.6 Å². The van der Waals surface area contributed by atoms with E-state index in [4.69, 9.17) is 4.74 Å². The van der Waals surface area contributed by atoms with Crippen LogP contribution in [0.3, 0.4) is 0 Å². The molecule has 0 amide bonds. The highest BCUT2D eigenvalue weighted by atomic mass is 35.5. The number of fused-ring (bicyclic) bond motifs is 2. The molecule has 2 saturated heterocycles. The summed E-state index contributed by atoms with van der Waals surface area (Å²) in [5.74, 6) is -0.639.